The molecule has 0 atom stereocenters. The van der Waals surface area contributed by atoms with Crippen LogP contribution >= 0.6 is 0 Å². The second-order valence-corrected chi connectivity index (χ2v) is 6.54. The van der Waals surface area contributed by atoms with Crippen LogP contribution in [0.4, 0.5) is 0 Å². The summed E-state index contributed by atoms with van der Waals surface area (Å²) in [4.78, 5) is 47.3. The number of hydrogen-bond donors (Lipinski definition) is 0. The van der Waals surface area contributed by atoms with Gasteiger partial charge in [-0.3, -0.25) is 29.0 Å². The molecule has 0 unspecified atom stereocenters. The summed E-state index contributed by atoms with van der Waals surface area (Å²) in [7, 11) is 0. The van der Waals surface area contributed by atoms with Gasteiger partial charge in [0.05, 0.1) is 0 Å². The Hall–Kier alpha value is -2.24. The lowest BCUT2D eigenvalue weighted by atomic mass is 10.1. The summed E-state index contributed by atoms with van der Waals surface area (Å²) in [5.74, 6) is -0.727. The van der Waals surface area contributed by atoms with Crippen molar-refractivity contribution in [1.82, 2.24) is 9.80 Å². The summed E-state index contributed by atoms with van der Waals surface area (Å²) in [6, 6.07) is 0. The van der Waals surface area contributed by atoms with Crippen LogP contribution in [0.1, 0.15) is 64.2 Å². The molecule has 0 fully saturated rings. The number of carbonyl (C=O) groups excluding carboxylic acids is 4. The summed E-state index contributed by atoms with van der Waals surface area (Å²) >= 11 is 0. The topological polar surface area (TPSA) is 74.8 Å². The Morgan fingerprint density at radius 1 is 0.885 bits per heavy atom. The summed E-state index contributed by atoms with van der Waals surface area (Å²) < 4.78 is 0. The van der Waals surface area contributed by atoms with Crippen LogP contribution < -0.4 is 0 Å². The highest BCUT2D eigenvalue weighted by atomic mass is 16.2. The number of hydrogen-bond acceptors (Lipinski definition) is 4. The lowest BCUT2D eigenvalue weighted by Crippen LogP contribution is -2.30. The van der Waals surface area contributed by atoms with Crippen LogP contribution in [0, 0.1) is 0 Å². The van der Waals surface area contributed by atoms with Gasteiger partial charge in [0.2, 0.25) is 6.41 Å². The second-order valence-electron chi connectivity index (χ2n) is 6.54. The highest BCUT2D eigenvalue weighted by molar-refractivity contribution is 6.12. The Kier molecular flexibility index (Phi) is 10.9. The minimum absolute atomic E-state index is 0.194. The summed E-state index contributed by atoms with van der Waals surface area (Å²) in [6.07, 6.45) is 15.1. The molecule has 144 valence electrons. The molecule has 0 aromatic carbocycles. The van der Waals surface area contributed by atoms with E-state index in [0.717, 1.165) is 49.5 Å². The van der Waals surface area contributed by atoms with Crippen molar-refractivity contribution in [2.45, 2.75) is 64.2 Å². The number of amides is 4. The average Bonchev–Trinajstić information content (AvgIpc) is 2.96. The van der Waals surface area contributed by atoms with Gasteiger partial charge in [-0.1, -0.05) is 57.9 Å². The fourth-order valence-electron chi connectivity index (χ4n) is 2.95. The quantitative estimate of drug-likeness (QED) is 0.194. The predicted molar refractivity (Wildman–Crippen MR) is 100 cm³/mol. The summed E-state index contributed by atoms with van der Waals surface area (Å²) in [6.45, 7) is 4.36. The Morgan fingerprint density at radius 2 is 1.35 bits per heavy atom. The van der Waals surface area contributed by atoms with E-state index in [-0.39, 0.29) is 17.7 Å². The van der Waals surface area contributed by atoms with Crippen molar-refractivity contribution in [3.8, 4) is 0 Å². The first-order valence-electron chi connectivity index (χ1n) is 9.52. The van der Waals surface area contributed by atoms with Crippen molar-refractivity contribution in [2.75, 3.05) is 13.1 Å². The monoisotopic (exact) mass is 362 g/mol. The molecule has 0 saturated carbocycles. The van der Waals surface area contributed by atoms with E-state index in [1.807, 2.05) is 0 Å². The number of rotatable bonds is 15. The molecule has 4 amide bonds. The lowest BCUT2D eigenvalue weighted by Gasteiger charge is -2.13. The number of carbonyl (C=O) groups is 4. The molecule has 1 aliphatic heterocycles. The molecule has 0 spiro atoms. The standard InChI is InChI=1S/C20H30N2O4/c1-2-18(24)21(17-23)15-11-9-7-5-3-4-6-8-10-12-16-22-19(25)13-14-20(22)26/h2,13-14,17H,1,3-12,15-16H2. The van der Waals surface area contributed by atoms with Crippen LogP contribution in [0.25, 0.3) is 0 Å². The van der Waals surface area contributed by atoms with Crippen LogP contribution in [-0.4, -0.2) is 47.0 Å². The first-order valence-corrected chi connectivity index (χ1v) is 9.52. The lowest BCUT2D eigenvalue weighted by molar-refractivity contribution is -0.137. The molecular weight excluding hydrogens is 332 g/mol. The molecule has 0 N–H and O–H groups in total. The Labute approximate surface area is 155 Å². The van der Waals surface area contributed by atoms with Crippen molar-refractivity contribution < 1.29 is 19.2 Å². The molecule has 1 aliphatic rings. The molecular formula is C20H30N2O4. The molecule has 26 heavy (non-hydrogen) atoms. The van der Waals surface area contributed by atoms with Crippen LogP contribution in [-0.2, 0) is 19.2 Å². The molecule has 0 aliphatic carbocycles. The van der Waals surface area contributed by atoms with E-state index >= 15 is 0 Å². The zero-order chi connectivity index (χ0) is 19.2. The van der Waals surface area contributed by atoms with Gasteiger partial charge in [0, 0.05) is 25.2 Å². The Balaban J connectivity index is 1.87. The molecule has 0 aromatic heterocycles. The molecule has 0 bridgehead atoms. The van der Waals surface area contributed by atoms with E-state index < -0.39 is 0 Å². The molecule has 0 radical (unpaired) electrons. The van der Waals surface area contributed by atoms with Crippen LogP contribution in [0.3, 0.4) is 0 Å². The first kappa shape index (κ1) is 21.8. The Bertz CT molecular complexity index is 510. The van der Waals surface area contributed by atoms with Crippen LogP contribution in [0.2, 0.25) is 0 Å². The van der Waals surface area contributed by atoms with Crippen molar-refractivity contribution >= 4 is 24.1 Å². The number of unbranched alkanes of at least 4 members (excludes halogenated alkanes) is 9. The minimum atomic E-state index is -0.338. The van der Waals surface area contributed by atoms with E-state index in [2.05, 4.69) is 6.58 Å². The number of nitrogens with zero attached hydrogens (tertiary/aromatic N) is 2. The molecule has 0 saturated heterocycles. The zero-order valence-electron chi connectivity index (χ0n) is 15.5. The largest absolute Gasteiger partial charge is 0.282 e. The van der Waals surface area contributed by atoms with Gasteiger partial charge >= 0.3 is 0 Å². The fourth-order valence-corrected chi connectivity index (χ4v) is 2.95. The predicted octanol–water partition coefficient (Wildman–Crippen LogP) is 2.98. The maximum absolute atomic E-state index is 11.4. The third-order valence-corrected chi connectivity index (χ3v) is 4.52. The molecule has 6 nitrogen and oxygen atoms in total. The van der Waals surface area contributed by atoms with Gasteiger partial charge in [-0.25, -0.2) is 0 Å². The second kappa shape index (κ2) is 13.0. The van der Waals surface area contributed by atoms with Crippen molar-refractivity contribution in [3.05, 3.63) is 24.8 Å². The smallest absolute Gasteiger partial charge is 0.253 e. The first-order chi connectivity index (χ1) is 12.6. The van der Waals surface area contributed by atoms with E-state index in [4.69, 9.17) is 0 Å². The summed E-state index contributed by atoms with van der Waals surface area (Å²) in [5, 5.41) is 0. The third kappa shape index (κ3) is 8.23. The van der Waals surface area contributed by atoms with Gasteiger partial charge in [-0.2, -0.15) is 0 Å². The minimum Gasteiger partial charge on any atom is -0.282 e. The van der Waals surface area contributed by atoms with E-state index in [0.29, 0.717) is 19.5 Å². The maximum atomic E-state index is 11.4. The van der Waals surface area contributed by atoms with E-state index in [1.54, 1.807) is 0 Å². The molecule has 1 heterocycles. The highest BCUT2D eigenvalue weighted by Crippen LogP contribution is 2.12. The SMILES string of the molecule is C=CC(=O)N(C=O)CCCCCCCCCCCCN1C(=O)C=CC1=O. The average molecular weight is 362 g/mol. The van der Waals surface area contributed by atoms with Crippen molar-refractivity contribution in [3.63, 3.8) is 0 Å². The molecule has 1 rings (SSSR count). The van der Waals surface area contributed by atoms with Gasteiger partial charge < -0.3 is 0 Å². The van der Waals surface area contributed by atoms with Gasteiger partial charge in [-0.15, -0.1) is 0 Å². The highest BCUT2D eigenvalue weighted by Gasteiger charge is 2.21. The Morgan fingerprint density at radius 3 is 1.81 bits per heavy atom. The van der Waals surface area contributed by atoms with Gasteiger partial charge in [0.1, 0.15) is 0 Å². The fraction of sp³-hybridized carbons (Fsp3) is 0.600. The van der Waals surface area contributed by atoms with Crippen LogP contribution in [0.5, 0.6) is 0 Å². The van der Waals surface area contributed by atoms with Gasteiger partial charge in [-0.05, 0) is 18.9 Å². The molecule has 6 heteroatoms. The summed E-state index contributed by atoms with van der Waals surface area (Å²) in [5.41, 5.74) is 0. The zero-order valence-corrected chi connectivity index (χ0v) is 15.5. The van der Waals surface area contributed by atoms with Gasteiger partial charge in [0.15, 0.2) is 0 Å². The number of imide groups is 2. The van der Waals surface area contributed by atoms with E-state index in [1.165, 1.54) is 42.7 Å². The normalized spacial score (nSPS) is 13.3. The van der Waals surface area contributed by atoms with Crippen LogP contribution in [0.15, 0.2) is 24.8 Å². The maximum Gasteiger partial charge on any atom is 0.253 e. The van der Waals surface area contributed by atoms with Gasteiger partial charge in [0.25, 0.3) is 17.7 Å². The van der Waals surface area contributed by atoms with E-state index in [9.17, 15) is 19.2 Å². The molecule has 0 aromatic rings. The van der Waals surface area contributed by atoms with Crippen molar-refractivity contribution in [1.29, 1.82) is 0 Å². The van der Waals surface area contributed by atoms with Crippen molar-refractivity contribution in [2.24, 2.45) is 0 Å². The third-order valence-electron chi connectivity index (χ3n) is 4.52.